The maximum Gasteiger partial charge on any atom is 0.271 e. The Kier molecular flexibility index (Phi) is 6.98. The minimum absolute atomic E-state index is 0.0109. The molecule has 0 aromatic heterocycles. The number of rotatable bonds is 8. The van der Waals surface area contributed by atoms with Crippen LogP contribution in [0.4, 0.5) is 17.1 Å². The second-order valence-electron chi connectivity index (χ2n) is 7.33. The van der Waals surface area contributed by atoms with Crippen molar-refractivity contribution in [1.29, 1.82) is 0 Å². The highest BCUT2D eigenvalue weighted by molar-refractivity contribution is 7.92. The summed E-state index contributed by atoms with van der Waals surface area (Å²) in [5, 5.41) is 13.7. The first-order valence-electron chi connectivity index (χ1n) is 9.90. The molecule has 0 atom stereocenters. The Labute approximate surface area is 191 Å². The number of carbonyl (C=O) groups excluding carboxylic acids is 1. The van der Waals surface area contributed by atoms with Gasteiger partial charge in [0.15, 0.2) is 0 Å². The second kappa shape index (κ2) is 9.70. The van der Waals surface area contributed by atoms with Gasteiger partial charge in [0, 0.05) is 12.1 Å². The lowest BCUT2D eigenvalue weighted by Gasteiger charge is -2.24. The normalized spacial score (nSPS) is 11.0. The molecule has 3 aromatic rings. The lowest BCUT2D eigenvalue weighted by molar-refractivity contribution is -0.384. The van der Waals surface area contributed by atoms with E-state index in [1.54, 1.807) is 31.2 Å². The zero-order chi connectivity index (χ0) is 24.2. The number of sulfonamides is 1. The van der Waals surface area contributed by atoms with Gasteiger partial charge < -0.3 is 10.1 Å². The van der Waals surface area contributed by atoms with Gasteiger partial charge in [-0.3, -0.25) is 19.2 Å². The van der Waals surface area contributed by atoms with Crippen LogP contribution >= 0.6 is 0 Å². The standard InChI is InChI=1S/C23H23N3O6S/c1-16-4-7-18(8-5-16)25(33(30,31)21-12-10-20(32-3)11-13-21)15-23(27)24-22-14-19(26(28)29)9-6-17(22)2/h4-14H,15H2,1-3H3,(H,24,27). The van der Waals surface area contributed by atoms with Gasteiger partial charge in [-0.2, -0.15) is 0 Å². The molecule has 1 amide bonds. The summed E-state index contributed by atoms with van der Waals surface area (Å²) in [5.74, 6) is -0.147. The Morgan fingerprint density at radius 1 is 1.03 bits per heavy atom. The van der Waals surface area contributed by atoms with Crippen molar-refractivity contribution < 1.29 is 22.9 Å². The van der Waals surface area contributed by atoms with Gasteiger partial charge >= 0.3 is 0 Å². The zero-order valence-corrected chi connectivity index (χ0v) is 19.1. The Morgan fingerprint density at radius 2 is 1.67 bits per heavy atom. The van der Waals surface area contributed by atoms with Crippen LogP contribution < -0.4 is 14.4 Å². The van der Waals surface area contributed by atoms with Gasteiger partial charge in [-0.15, -0.1) is 0 Å². The fourth-order valence-corrected chi connectivity index (χ4v) is 4.50. The van der Waals surface area contributed by atoms with Crippen LogP contribution in [0.3, 0.4) is 0 Å². The number of nitro groups is 1. The number of nitrogens with zero attached hydrogens (tertiary/aromatic N) is 2. The van der Waals surface area contributed by atoms with E-state index in [9.17, 15) is 23.3 Å². The molecule has 0 saturated heterocycles. The fraction of sp³-hybridized carbons (Fsp3) is 0.174. The molecule has 1 N–H and O–H groups in total. The molecule has 0 spiro atoms. The highest BCUT2D eigenvalue weighted by Crippen LogP contribution is 2.26. The molecule has 10 heteroatoms. The number of amides is 1. The highest BCUT2D eigenvalue weighted by Gasteiger charge is 2.27. The van der Waals surface area contributed by atoms with E-state index in [2.05, 4.69) is 5.32 Å². The Morgan fingerprint density at radius 3 is 2.24 bits per heavy atom. The second-order valence-corrected chi connectivity index (χ2v) is 9.19. The van der Waals surface area contributed by atoms with E-state index >= 15 is 0 Å². The van der Waals surface area contributed by atoms with Crippen molar-refractivity contribution >= 4 is 33.0 Å². The minimum atomic E-state index is -4.10. The number of non-ortho nitro benzene ring substituents is 1. The SMILES string of the molecule is COc1ccc(S(=O)(=O)N(CC(=O)Nc2cc([N+](=O)[O-])ccc2C)c2ccc(C)cc2)cc1. The van der Waals surface area contributed by atoms with Crippen LogP contribution in [-0.4, -0.2) is 32.9 Å². The first-order chi connectivity index (χ1) is 15.6. The number of benzene rings is 3. The van der Waals surface area contributed by atoms with Crippen molar-refractivity contribution in [3.05, 3.63) is 88.0 Å². The molecule has 9 nitrogen and oxygen atoms in total. The van der Waals surface area contributed by atoms with Gasteiger partial charge in [-0.25, -0.2) is 8.42 Å². The van der Waals surface area contributed by atoms with Crippen molar-refractivity contribution in [2.75, 3.05) is 23.3 Å². The summed E-state index contributed by atoms with van der Waals surface area (Å²) < 4.78 is 32.9. The lowest BCUT2D eigenvalue weighted by Crippen LogP contribution is -2.38. The van der Waals surface area contributed by atoms with E-state index in [0.29, 0.717) is 17.0 Å². The summed E-state index contributed by atoms with van der Waals surface area (Å²) in [4.78, 5) is 23.4. The molecule has 0 bridgehead atoms. The van der Waals surface area contributed by atoms with E-state index in [0.717, 1.165) is 9.87 Å². The Balaban J connectivity index is 1.95. The van der Waals surface area contributed by atoms with E-state index < -0.39 is 27.4 Å². The van der Waals surface area contributed by atoms with Crippen LogP contribution in [0.5, 0.6) is 5.75 Å². The van der Waals surface area contributed by atoms with Crippen molar-refractivity contribution in [3.8, 4) is 5.75 Å². The van der Waals surface area contributed by atoms with Gasteiger partial charge in [-0.1, -0.05) is 23.8 Å². The molecule has 0 aliphatic rings. The van der Waals surface area contributed by atoms with Crippen LogP contribution in [0.2, 0.25) is 0 Å². The predicted molar refractivity (Wildman–Crippen MR) is 125 cm³/mol. The maximum absolute atomic E-state index is 13.4. The lowest BCUT2D eigenvalue weighted by atomic mass is 10.2. The molecule has 172 valence electrons. The summed E-state index contributed by atoms with van der Waals surface area (Å²) in [6, 6.07) is 16.6. The highest BCUT2D eigenvalue weighted by atomic mass is 32.2. The average molecular weight is 470 g/mol. The molecule has 0 unspecified atom stereocenters. The number of methoxy groups -OCH3 is 1. The third-order valence-corrected chi connectivity index (χ3v) is 6.75. The quantitative estimate of drug-likeness (QED) is 0.393. The molecule has 0 aliphatic carbocycles. The number of nitro benzene ring substituents is 1. The van der Waals surface area contributed by atoms with Crippen molar-refractivity contribution in [3.63, 3.8) is 0 Å². The molecule has 33 heavy (non-hydrogen) atoms. The topological polar surface area (TPSA) is 119 Å². The summed E-state index contributed by atoms with van der Waals surface area (Å²) >= 11 is 0. The summed E-state index contributed by atoms with van der Waals surface area (Å²) in [6.07, 6.45) is 0. The van der Waals surface area contributed by atoms with Crippen molar-refractivity contribution in [2.24, 2.45) is 0 Å². The fourth-order valence-electron chi connectivity index (χ4n) is 3.08. The Hall–Kier alpha value is -3.92. The minimum Gasteiger partial charge on any atom is -0.497 e. The monoisotopic (exact) mass is 469 g/mol. The molecule has 0 fully saturated rings. The number of carbonyl (C=O) groups is 1. The molecular formula is C23H23N3O6S. The maximum atomic E-state index is 13.4. The van der Waals surface area contributed by atoms with Crippen LogP contribution in [0.1, 0.15) is 11.1 Å². The number of aryl methyl sites for hydroxylation is 2. The molecule has 3 rings (SSSR count). The Bertz CT molecular complexity index is 1270. The average Bonchev–Trinajstić information content (AvgIpc) is 2.79. The first-order valence-corrected chi connectivity index (χ1v) is 11.3. The van der Waals surface area contributed by atoms with E-state index in [4.69, 9.17) is 4.74 Å². The van der Waals surface area contributed by atoms with Crippen LogP contribution in [0, 0.1) is 24.0 Å². The largest absolute Gasteiger partial charge is 0.497 e. The predicted octanol–water partition coefficient (Wildman–Crippen LogP) is 4.05. The van der Waals surface area contributed by atoms with Crippen molar-refractivity contribution in [1.82, 2.24) is 0 Å². The molecule has 0 saturated carbocycles. The zero-order valence-electron chi connectivity index (χ0n) is 18.3. The summed E-state index contributed by atoms with van der Waals surface area (Å²) in [6.45, 7) is 3.02. The number of hydrogen-bond donors (Lipinski definition) is 1. The van der Waals surface area contributed by atoms with E-state index in [1.807, 2.05) is 6.92 Å². The van der Waals surface area contributed by atoms with Crippen LogP contribution in [-0.2, 0) is 14.8 Å². The molecule has 3 aromatic carbocycles. The molecule has 0 aliphatic heterocycles. The number of ether oxygens (including phenoxy) is 1. The molecular weight excluding hydrogens is 446 g/mol. The van der Waals surface area contributed by atoms with Crippen LogP contribution in [0.25, 0.3) is 0 Å². The van der Waals surface area contributed by atoms with Gasteiger partial charge in [0.05, 0.1) is 28.3 Å². The van der Waals surface area contributed by atoms with Crippen LogP contribution in [0.15, 0.2) is 71.6 Å². The van der Waals surface area contributed by atoms with E-state index in [-0.39, 0.29) is 16.3 Å². The first kappa shape index (κ1) is 23.7. The third-order valence-electron chi connectivity index (χ3n) is 4.96. The summed E-state index contributed by atoms with van der Waals surface area (Å²) in [7, 11) is -2.63. The summed E-state index contributed by atoms with van der Waals surface area (Å²) in [5.41, 5.74) is 1.89. The molecule has 0 radical (unpaired) electrons. The molecule has 0 heterocycles. The number of hydrogen-bond acceptors (Lipinski definition) is 6. The van der Waals surface area contributed by atoms with Crippen molar-refractivity contribution in [2.45, 2.75) is 18.7 Å². The number of nitrogens with one attached hydrogen (secondary N) is 1. The van der Waals surface area contributed by atoms with E-state index in [1.165, 1.54) is 49.6 Å². The van der Waals surface area contributed by atoms with Gasteiger partial charge in [0.1, 0.15) is 12.3 Å². The smallest absolute Gasteiger partial charge is 0.271 e. The van der Waals surface area contributed by atoms with Gasteiger partial charge in [0.25, 0.3) is 15.7 Å². The number of anilines is 2. The van der Waals surface area contributed by atoms with Gasteiger partial charge in [0.2, 0.25) is 5.91 Å². The third kappa shape index (κ3) is 5.47. The van der Waals surface area contributed by atoms with Gasteiger partial charge in [-0.05, 0) is 55.8 Å².